The lowest BCUT2D eigenvalue weighted by atomic mass is 10.0. The van der Waals surface area contributed by atoms with Crippen LogP contribution in [0.4, 0.5) is 0 Å². The van der Waals surface area contributed by atoms with Crippen LogP contribution in [-0.2, 0) is 0 Å². The summed E-state index contributed by atoms with van der Waals surface area (Å²) in [5.41, 5.74) is 0.483. The summed E-state index contributed by atoms with van der Waals surface area (Å²) in [6.45, 7) is 5.85. The molecule has 3 aromatic heterocycles. The molecule has 2 N–H and O–H groups in total. The molecular formula is C16H19N7O. The molecule has 24 heavy (non-hydrogen) atoms. The van der Waals surface area contributed by atoms with Gasteiger partial charge in [-0.3, -0.25) is 14.5 Å². The van der Waals surface area contributed by atoms with Crippen LogP contribution in [0.5, 0.6) is 0 Å². The van der Waals surface area contributed by atoms with Crippen LogP contribution < -0.4 is 5.32 Å². The molecule has 3 heterocycles. The number of nitrogens with one attached hydrogen (secondary N) is 2. The molecule has 0 fully saturated rings. The Labute approximate surface area is 139 Å². The monoisotopic (exact) mass is 325 g/mol. The number of aryl methyl sites for hydroxylation is 1. The molecule has 0 spiro atoms. The second-order valence-corrected chi connectivity index (χ2v) is 5.85. The van der Waals surface area contributed by atoms with Crippen molar-refractivity contribution in [2.45, 2.75) is 26.8 Å². The van der Waals surface area contributed by atoms with Crippen molar-refractivity contribution in [1.82, 2.24) is 35.0 Å². The van der Waals surface area contributed by atoms with E-state index in [4.69, 9.17) is 0 Å². The topological polar surface area (TPSA) is 101 Å². The lowest BCUT2D eigenvalue weighted by molar-refractivity contribution is 0.0923. The number of aromatic amines is 1. The summed E-state index contributed by atoms with van der Waals surface area (Å²) in [5.74, 6) is 1.95. The molecule has 3 rings (SSSR count). The Morgan fingerprint density at radius 1 is 1.33 bits per heavy atom. The maximum absolute atomic E-state index is 12.5. The van der Waals surface area contributed by atoms with Crippen LogP contribution in [0.1, 0.15) is 41.9 Å². The van der Waals surface area contributed by atoms with Gasteiger partial charge in [0.05, 0.1) is 11.6 Å². The SMILES string of the molecule is Cc1nc([C@@H](NC(=O)c2ccc(-n3ccnc3)nc2)C(C)C)n[nH]1. The smallest absolute Gasteiger partial charge is 0.253 e. The van der Waals surface area contributed by atoms with Crippen molar-refractivity contribution in [3.63, 3.8) is 0 Å². The van der Waals surface area contributed by atoms with Gasteiger partial charge >= 0.3 is 0 Å². The molecule has 0 saturated carbocycles. The molecule has 124 valence electrons. The highest BCUT2D eigenvalue weighted by molar-refractivity contribution is 5.94. The average molecular weight is 325 g/mol. The van der Waals surface area contributed by atoms with Crippen molar-refractivity contribution in [3.8, 4) is 5.82 Å². The minimum absolute atomic E-state index is 0.155. The zero-order valence-electron chi connectivity index (χ0n) is 13.8. The second-order valence-electron chi connectivity index (χ2n) is 5.85. The Kier molecular flexibility index (Phi) is 4.37. The van der Waals surface area contributed by atoms with E-state index in [2.05, 4.69) is 30.5 Å². The molecule has 0 radical (unpaired) electrons. The van der Waals surface area contributed by atoms with Gasteiger partial charge in [0.25, 0.3) is 5.91 Å². The normalized spacial score (nSPS) is 12.3. The van der Waals surface area contributed by atoms with Gasteiger partial charge in [-0.1, -0.05) is 13.8 Å². The van der Waals surface area contributed by atoms with Crippen LogP contribution in [0.15, 0.2) is 37.1 Å². The van der Waals surface area contributed by atoms with Gasteiger partial charge in [-0.15, -0.1) is 0 Å². The lowest BCUT2D eigenvalue weighted by Gasteiger charge is -2.19. The van der Waals surface area contributed by atoms with Gasteiger partial charge in [0.15, 0.2) is 5.82 Å². The Bertz CT molecular complexity index is 805. The minimum Gasteiger partial charge on any atom is -0.342 e. The summed E-state index contributed by atoms with van der Waals surface area (Å²) in [7, 11) is 0. The number of hydrogen-bond donors (Lipinski definition) is 2. The van der Waals surface area contributed by atoms with E-state index in [1.54, 1.807) is 41.6 Å². The van der Waals surface area contributed by atoms with E-state index in [0.717, 1.165) is 5.82 Å². The number of amides is 1. The van der Waals surface area contributed by atoms with E-state index in [-0.39, 0.29) is 17.9 Å². The van der Waals surface area contributed by atoms with Crippen LogP contribution >= 0.6 is 0 Å². The van der Waals surface area contributed by atoms with E-state index < -0.39 is 0 Å². The first-order valence-corrected chi connectivity index (χ1v) is 7.68. The summed E-state index contributed by atoms with van der Waals surface area (Å²) in [6.07, 6.45) is 6.67. The van der Waals surface area contributed by atoms with E-state index in [0.29, 0.717) is 17.2 Å². The molecule has 0 aliphatic carbocycles. The lowest BCUT2D eigenvalue weighted by Crippen LogP contribution is -2.32. The molecule has 0 aromatic carbocycles. The third-order valence-electron chi connectivity index (χ3n) is 3.62. The Balaban J connectivity index is 1.75. The van der Waals surface area contributed by atoms with Crippen molar-refractivity contribution in [2.24, 2.45) is 5.92 Å². The molecule has 1 amide bonds. The van der Waals surface area contributed by atoms with Gasteiger partial charge < -0.3 is 5.32 Å². The third-order valence-corrected chi connectivity index (χ3v) is 3.62. The van der Waals surface area contributed by atoms with Crippen molar-refractivity contribution >= 4 is 5.91 Å². The first-order chi connectivity index (χ1) is 11.5. The van der Waals surface area contributed by atoms with E-state index in [9.17, 15) is 4.79 Å². The highest BCUT2D eigenvalue weighted by atomic mass is 16.1. The number of imidazole rings is 1. The standard InChI is InChI=1S/C16H19N7O/c1-10(2)14(15-19-11(3)21-22-15)20-16(24)12-4-5-13(18-8-12)23-7-6-17-9-23/h4-10,14H,1-3H3,(H,20,24)(H,19,21,22)/t14-/m0/s1. The van der Waals surface area contributed by atoms with Crippen LogP contribution in [0.3, 0.4) is 0 Å². The number of nitrogens with zero attached hydrogens (tertiary/aromatic N) is 5. The van der Waals surface area contributed by atoms with Crippen molar-refractivity contribution in [1.29, 1.82) is 0 Å². The number of hydrogen-bond acceptors (Lipinski definition) is 5. The molecule has 3 aromatic rings. The van der Waals surface area contributed by atoms with Crippen LogP contribution in [0.2, 0.25) is 0 Å². The first kappa shape index (κ1) is 15.9. The number of carbonyl (C=O) groups is 1. The molecule has 8 heteroatoms. The molecule has 1 atom stereocenters. The Morgan fingerprint density at radius 2 is 2.17 bits per heavy atom. The first-order valence-electron chi connectivity index (χ1n) is 7.68. The van der Waals surface area contributed by atoms with E-state index in [1.165, 1.54) is 0 Å². The highest BCUT2D eigenvalue weighted by Gasteiger charge is 2.23. The number of pyridine rings is 1. The fourth-order valence-corrected chi connectivity index (χ4v) is 2.32. The van der Waals surface area contributed by atoms with E-state index >= 15 is 0 Å². The molecular weight excluding hydrogens is 306 g/mol. The van der Waals surface area contributed by atoms with Gasteiger partial charge in [0.1, 0.15) is 18.0 Å². The summed E-state index contributed by atoms with van der Waals surface area (Å²) < 4.78 is 1.77. The zero-order valence-corrected chi connectivity index (χ0v) is 13.8. The largest absolute Gasteiger partial charge is 0.342 e. The fraction of sp³-hybridized carbons (Fsp3) is 0.312. The highest BCUT2D eigenvalue weighted by Crippen LogP contribution is 2.19. The van der Waals surface area contributed by atoms with Gasteiger partial charge in [-0.25, -0.2) is 15.0 Å². The molecule has 0 aliphatic rings. The van der Waals surface area contributed by atoms with Crippen molar-refractivity contribution in [2.75, 3.05) is 0 Å². The van der Waals surface area contributed by atoms with Crippen LogP contribution in [0, 0.1) is 12.8 Å². The minimum atomic E-state index is -0.268. The van der Waals surface area contributed by atoms with Gasteiger partial charge in [0.2, 0.25) is 0 Å². The van der Waals surface area contributed by atoms with Gasteiger partial charge in [-0.2, -0.15) is 5.10 Å². The third kappa shape index (κ3) is 3.32. The summed E-state index contributed by atoms with van der Waals surface area (Å²) in [6, 6.07) is 3.24. The maximum Gasteiger partial charge on any atom is 0.253 e. The Hall–Kier alpha value is -3.03. The zero-order chi connectivity index (χ0) is 17.1. The van der Waals surface area contributed by atoms with Crippen molar-refractivity contribution < 1.29 is 4.79 Å². The summed E-state index contributed by atoms with van der Waals surface area (Å²) >= 11 is 0. The van der Waals surface area contributed by atoms with Crippen LogP contribution in [0.25, 0.3) is 5.82 Å². The fourth-order valence-electron chi connectivity index (χ4n) is 2.32. The second kappa shape index (κ2) is 6.61. The molecule has 0 aliphatic heterocycles. The predicted octanol–water partition coefficient (Wildman–Crippen LogP) is 1.82. The quantitative estimate of drug-likeness (QED) is 0.745. The molecule has 0 saturated heterocycles. The summed E-state index contributed by atoms with van der Waals surface area (Å²) in [5, 5.41) is 9.94. The van der Waals surface area contributed by atoms with E-state index in [1.807, 2.05) is 20.8 Å². The molecule has 0 bridgehead atoms. The Morgan fingerprint density at radius 3 is 2.71 bits per heavy atom. The van der Waals surface area contributed by atoms with Gasteiger partial charge in [0, 0.05) is 18.6 Å². The van der Waals surface area contributed by atoms with Gasteiger partial charge in [-0.05, 0) is 25.0 Å². The van der Waals surface area contributed by atoms with Crippen molar-refractivity contribution in [3.05, 3.63) is 54.3 Å². The number of H-pyrrole nitrogens is 1. The number of carbonyl (C=O) groups excluding carboxylic acids is 1. The summed E-state index contributed by atoms with van der Waals surface area (Å²) in [4.78, 5) is 25.1. The molecule has 8 nitrogen and oxygen atoms in total. The number of rotatable bonds is 5. The molecule has 0 unspecified atom stereocenters. The maximum atomic E-state index is 12.5. The predicted molar refractivity (Wildman–Crippen MR) is 87.5 cm³/mol. The number of aromatic nitrogens is 6. The average Bonchev–Trinajstić information content (AvgIpc) is 3.24. The van der Waals surface area contributed by atoms with Crippen LogP contribution in [-0.4, -0.2) is 35.6 Å².